The summed E-state index contributed by atoms with van der Waals surface area (Å²) in [6, 6.07) is 9.75. The zero-order chi connectivity index (χ0) is 15.4. The van der Waals surface area contributed by atoms with Crippen molar-refractivity contribution in [3.8, 4) is 6.07 Å². The lowest BCUT2D eigenvalue weighted by atomic mass is 10.1. The van der Waals surface area contributed by atoms with Crippen molar-refractivity contribution in [1.29, 1.82) is 5.26 Å². The SMILES string of the molecule is N#C/C(=C\c1c[nH]c2ccccc12)C(=O)NCC1CCCO1. The molecule has 112 valence electrons. The number of rotatable bonds is 4. The van der Waals surface area contributed by atoms with E-state index in [-0.39, 0.29) is 17.6 Å². The van der Waals surface area contributed by atoms with Gasteiger partial charge in [0.15, 0.2) is 0 Å². The van der Waals surface area contributed by atoms with Crippen LogP contribution in [-0.4, -0.2) is 30.1 Å². The third kappa shape index (κ3) is 3.02. The summed E-state index contributed by atoms with van der Waals surface area (Å²) in [4.78, 5) is 15.3. The Labute approximate surface area is 128 Å². The highest BCUT2D eigenvalue weighted by Gasteiger charge is 2.17. The quantitative estimate of drug-likeness (QED) is 0.671. The van der Waals surface area contributed by atoms with Gasteiger partial charge < -0.3 is 15.0 Å². The zero-order valence-corrected chi connectivity index (χ0v) is 12.1. The molecule has 3 rings (SSSR count). The van der Waals surface area contributed by atoms with Gasteiger partial charge in [-0.3, -0.25) is 4.79 Å². The van der Waals surface area contributed by atoms with Crippen LogP contribution in [-0.2, 0) is 9.53 Å². The van der Waals surface area contributed by atoms with Gasteiger partial charge in [0.05, 0.1) is 6.10 Å². The Hall–Kier alpha value is -2.58. The molecular weight excluding hydrogens is 278 g/mol. The van der Waals surface area contributed by atoms with E-state index in [1.807, 2.05) is 30.3 Å². The molecule has 0 aliphatic carbocycles. The largest absolute Gasteiger partial charge is 0.376 e. The number of nitrogens with zero attached hydrogens (tertiary/aromatic N) is 1. The Balaban J connectivity index is 1.75. The molecule has 2 aromatic rings. The van der Waals surface area contributed by atoms with Crippen molar-refractivity contribution in [2.45, 2.75) is 18.9 Å². The standard InChI is InChI=1S/C17H17N3O2/c18-9-12(17(21)20-11-14-4-3-7-22-14)8-13-10-19-16-6-2-1-5-15(13)16/h1-2,5-6,8,10,14,19H,3-4,7,11H2,(H,20,21)/b12-8+. The second kappa shape index (κ2) is 6.46. The first-order chi connectivity index (χ1) is 10.8. The molecule has 2 N–H and O–H groups in total. The van der Waals surface area contributed by atoms with Gasteiger partial charge in [-0.15, -0.1) is 0 Å². The van der Waals surface area contributed by atoms with Crippen molar-refractivity contribution in [3.05, 3.63) is 41.6 Å². The summed E-state index contributed by atoms with van der Waals surface area (Å²) < 4.78 is 5.46. The molecular formula is C17H17N3O2. The summed E-state index contributed by atoms with van der Waals surface area (Å²) in [5.74, 6) is -0.358. The second-order valence-electron chi connectivity index (χ2n) is 5.30. The predicted molar refractivity (Wildman–Crippen MR) is 83.9 cm³/mol. The van der Waals surface area contributed by atoms with Gasteiger partial charge >= 0.3 is 0 Å². The molecule has 1 fully saturated rings. The van der Waals surface area contributed by atoms with E-state index in [0.717, 1.165) is 35.9 Å². The molecule has 0 radical (unpaired) electrons. The molecule has 1 amide bonds. The number of para-hydroxylation sites is 1. The molecule has 1 aromatic heterocycles. The molecule has 1 aliphatic rings. The Morgan fingerprint density at radius 2 is 2.36 bits per heavy atom. The van der Waals surface area contributed by atoms with Gasteiger partial charge in [-0.2, -0.15) is 5.26 Å². The highest BCUT2D eigenvalue weighted by atomic mass is 16.5. The number of carbonyl (C=O) groups is 1. The van der Waals surface area contributed by atoms with Crippen molar-refractivity contribution >= 4 is 22.9 Å². The van der Waals surface area contributed by atoms with E-state index in [9.17, 15) is 10.1 Å². The van der Waals surface area contributed by atoms with E-state index in [1.54, 1.807) is 12.3 Å². The van der Waals surface area contributed by atoms with Crippen molar-refractivity contribution in [2.24, 2.45) is 0 Å². The number of fused-ring (bicyclic) bond motifs is 1. The summed E-state index contributed by atoms with van der Waals surface area (Å²) in [5, 5.41) is 13.0. The molecule has 1 unspecified atom stereocenters. The van der Waals surface area contributed by atoms with Gasteiger partial charge in [0.25, 0.3) is 5.91 Å². The fraction of sp³-hybridized carbons (Fsp3) is 0.294. The summed E-state index contributed by atoms with van der Waals surface area (Å²) in [5.41, 5.74) is 1.91. The van der Waals surface area contributed by atoms with E-state index >= 15 is 0 Å². The number of H-pyrrole nitrogens is 1. The maximum Gasteiger partial charge on any atom is 0.262 e. The molecule has 0 saturated carbocycles. The van der Waals surface area contributed by atoms with E-state index in [4.69, 9.17) is 4.74 Å². The maximum absolute atomic E-state index is 12.1. The number of carbonyl (C=O) groups excluding carboxylic acids is 1. The van der Waals surface area contributed by atoms with Crippen LogP contribution in [0.4, 0.5) is 0 Å². The van der Waals surface area contributed by atoms with Crippen LogP contribution >= 0.6 is 0 Å². The molecule has 0 spiro atoms. The molecule has 5 heteroatoms. The van der Waals surface area contributed by atoms with Gasteiger partial charge in [0.2, 0.25) is 0 Å². The van der Waals surface area contributed by atoms with E-state index in [1.165, 1.54) is 0 Å². The number of aromatic nitrogens is 1. The van der Waals surface area contributed by atoms with Crippen LogP contribution in [0.15, 0.2) is 36.0 Å². The number of hydrogen-bond donors (Lipinski definition) is 2. The molecule has 1 aromatic carbocycles. The highest BCUT2D eigenvalue weighted by molar-refractivity contribution is 6.03. The van der Waals surface area contributed by atoms with Crippen molar-refractivity contribution < 1.29 is 9.53 Å². The predicted octanol–water partition coefficient (Wildman–Crippen LogP) is 2.37. The molecule has 22 heavy (non-hydrogen) atoms. The van der Waals surface area contributed by atoms with Crippen LogP contribution in [0.25, 0.3) is 17.0 Å². The number of benzene rings is 1. The molecule has 1 aliphatic heterocycles. The average Bonchev–Trinajstić information content (AvgIpc) is 3.20. The summed E-state index contributed by atoms with van der Waals surface area (Å²) in [7, 11) is 0. The number of amides is 1. The molecule has 5 nitrogen and oxygen atoms in total. The van der Waals surface area contributed by atoms with Crippen molar-refractivity contribution in [2.75, 3.05) is 13.2 Å². The first kappa shape index (κ1) is 14.4. The van der Waals surface area contributed by atoms with Crippen LogP contribution in [0.1, 0.15) is 18.4 Å². The Kier molecular flexibility index (Phi) is 4.22. The number of nitriles is 1. The second-order valence-corrected chi connectivity index (χ2v) is 5.30. The monoisotopic (exact) mass is 295 g/mol. The van der Waals surface area contributed by atoms with E-state index < -0.39 is 0 Å². The molecule has 1 saturated heterocycles. The lowest BCUT2D eigenvalue weighted by Gasteiger charge is -2.10. The Morgan fingerprint density at radius 1 is 1.50 bits per heavy atom. The highest BCUT2D eigenvalue weighted by Crippen LogP contribution is 2.20. The smallest absolute Gasteiger partial charge is 0.262 e. The van der Waals surface area contributed by atoms with Crippen LogP contribution < -0.4 is 5.32 Å². The number of aromatic amines is 1. The summed E-state index contributed by atoms with van der Waals surface area (Å²) >= 11 is 0. The normalized spacial score (nSPS) is 18.3. The number of ether oxygens (including phenoxy) is 1. The Bertz CT molecular complexity index is 749. The third-order valence-electron chi connectivity index (χ3n) is 3.80. The van der Waals surface area contributed by atoms with Crippen LogP contribution in [0, 0.1) is 11.3 Å². The van der Waals surface area contributed by atoms with Gasteiger partial charge in [0.1, 0.15) is 11.6 Å². The fourth-order valence-electron chi connectivity index (χ4n) is 2.62. The minimum Gasteiger partial charge on any atom is -0.376 e. The molecule has 1 atom stereocenters. The van der Waals surface area contributed by atoms with Crippen LogP contribution in [0.2, 0.25) is 0 Å². The first-order valence-electron chi connectivity index (χ1n) is 7.35. The van der Waals surface area contributed by atoms with Crippen molar-refractivity contribution in [3.63, 3.8) is 0 Å². The average molecular weight is 295 g/mol. The van der Waals surface area contributed by atoms with Crippen LogP contribution in [0.5, 0.6) is 0 Å². The first-order valence-corrected chi connectivity index (χ1v) is 7.35. The van der Waals surface area contributed by atoms with E-state index in [2.05, 4.69) is 10.3 Å². The van der Waals surface area contributed by atoms with Crippen molar-refractivity contribution in [1.82, 2.24) is 10.3 Å². The third-order valence-corrected chi connectivity index (χ3v) is 3.80. The zero-order valence-electron chi connectivity index (χ0n) is 12.1. The summed E-state index contributed by atoms with van der Waals surface area (Å²) in [6.45, 7) is 1.20. The molecule has 0 bridgehead atoms. The number of nitrogens with one attached hydrogen (secondary N) is 2. The fourth-order valence-corrected chi connectivity index (χ4v) is 2.62. The van der Waals surface area contributed by atoms with Gasteiger partial charge in [0, 0.05) is 35.8 Å². The van der Waals surface area contributed by atoms with E-state index in [0.29, 0.717) is 6.54 Å². The molecule has 2 heterocycles. The van der Waals surface area contributed by atoms with Crippen LogP contribution in [0.3, 0.4) is 0 Å². The lowest BCUT2D eigenvalue weighted by Crippen LogP contribution is -2.32. The lowest BCUT2D eigenvalue weighted by molar-refractivity contribution is -0.117. The van der Waals surface area contributed by atoms with Gasteiger partial charge in [-0.25, -0.2) is 0 Å². The van der Waals surface area contributed by atoms with Gasteiger partial charge in [-0.1, -0.05) is 18.2 Å². The maximum atomic E-state index is 12.1. The van der Waals surface area contributed by atoms with Gasteiger partial charge in [-0.05, 0) is 25.0 Å². The number of hydrogen-bond acceptors (Lipinski definition) is 3. The Morgan fingerprint density at radius 3 is 3.14 bits per heavy atom. The summed E-state index contributed by atoms with van der Waals surface area (Å²) in [6.07, 6.45) is 5.46. The topological polar surface area (TPSA) is 77.9 Å². The minimum absolute atomic E-state index is 0.0666. The minimum atomic E-state index is -0.358.